The highest BCUT2D eigenvalue weighted by Crippen LogP contribution is 2.10. The van der Waals surface area contributed by atoms with Gasteiger partial charge in [0.15, 0.2) is 6.29 Å². The topological polar surface area (TPSA) is 46.2 Å². The molecule has 0 saturated carbocycles. The van der Waals surface area contributed by atoms with Crippen LogP contribution in [0.15, 0.2) is 12.7 Å². The van der Waals surface area contributed by atoms with Crippen LogP contribution in [0.2, 0.25) is 0 Å². The lowest BCUT2D eigenvalue weighted by atomic mass is 10.4. The van der Waals surface area contributed by atoms with Crippen LogP contribution in [0.1, 0.15) is 6.92 Å². The molecule has 0 aliphatic carbocycles. The molecule has 5 heteroatoms. The Hall–Kier alpha value is -0.460. The normalized spacial score (nSPS) is 26.0. The summed E-state index contributed by atoms with van der Waals surface area (Å²) in [6, 6.07) is 0. The van der Waals surface area contributed by atoms with E-state index in [4.69, 9.17) is 30.8 Å². The fourth-order valence-corrected chi connectivity index (χ4v) is 1.42. The minimum atomic E-state index is -0.283. The molecule has 0 amide bonds. The van der Waals surface area contributed by atoms with Crippen molar-refractivity contribution in [3.05, 3.63) is 19.8 Å². The van der Waals surface area contributed by atoms with Crippen LogP contribution in [0.3, 0.4) is 0 Å². The van der Waals surface area contributed by atoms with Crippen molar-refractivity contribution in [2.45, 2.75) is 25.4 Å². The summed E-state index contributed by atoms with van der Waals surface area (Å²) in [5.74, 6) is 0. The van der Waals surface area contributed by atoms with Crippen LogP contribution in [0.4, 0.5) is 0 Å². The van der Waals surface area contributed by atoms with E-state index >= 15 is 0 Å². The van der Waals surface area contributed by atoms with Crippen LogP contribution in [0, 0.1) is 7.11 Å². The maximum absolute atomic E-state index is 5.43. The summed E-state index contributed by atoms with van der Waals surface area (Å²) in [6.07, 6.45) is 1.22. The molecule has 17 heavy (non-hydrogen) atoms. The smallest absolute Gasteiger partial charge is 0.155 e. The molecule has 0 N–H and O–H groups in total. The van der Waals surface area contributed by atoms with Crippen molar-refractivity contribution in [2.24, 2.45) is 0 Å². The van der Waals surface area contributed by atoms with E-state index in [0.717, 1.165) is 0 Å². The zero-order valence-corrected chi connectivity index (χ0v) is 10.2. The summed E-state index contributed by atoms with van der Waals surface area (Å²) >= 11 is 0. The van der Waals surface area contributed by atoms with Gasteiger partial charge in [-0.3, -0.25) is 0 Å². The van der Waals surface area contributed by atoms with Gasteiger partial charge in [-0.05, 0) is 6.92 Å². The largest absolute Gasteiger partial charge is 0.376 e. The summed E-state index contributed by atoms with van der Waals surface area (Å²) in [5, 5.41) is 0. The average Bonchev–Trinajstić information content (AvgIpc) is 2.73. The summed E-state index contributed by atoms with van der Waals surface area (Å²) in [7, 11) is 5.13. The first-order valence-electron chi connectivity index (χ1n) is 5.65. The van der Waals surface area contributed by atoms with Gasteiger partial charge in [0, 0.05) is 0 Å². The van der Waals surface area contributed by atoms with Crippen LogP contribution in [-0.2, 0) is 23.7 Å². The minimum Gasteiger partial charge on any atom is -0.376 e. The molecule has 1 saturated heterocycles. The SMILES string of the molecule is [CH]OC(COCC=C)COCC1COC(C)O1. The maximum atomic E-state index is 5.43. The van der Waals surface area contributed by atoms with Crippen molar-refractivity contribution in [2.75, 3.05) is 33.0 Å². The van der Waals surface area contributed by atoms with Gasteiger partial charge in [-0.2, -0.15) is 0 Å². The number of hydrogen-bond acceptors (Lipinski definition) is 5. The molecule has 1 aliphatic rings. The highest BCUT2D eigenvalue weighted by atomic mass is 16.7. The Morgan fingerprint density at radius 1 is 1.47 bits per heavy atom. The Labute approximate surface area is 103 Å². The van der Waals surface area contributed by atoms with Gasteiger partial charge in [0.05, 0.1) is 33.0 Å². The molecular weight excluding hydrogens is 224 g/mol. The second kappa shape index (κ2) is 8.60. The fourth-order valence-electron chi connectivity index (χ4n) is 1.42. The van der Waals surface area contributed by atoms with Gasteiger partial charge in [0.25, 0.3) is 0 Å². The first-order valence-corrected chi connectivity index (χ1v) is 5.65. The van der Waals surface area contributed by atoms with E-state index in [1.54, 1.807) is 6.08 Å². The van der Waals surface area contributed by atoms with Crippen LogP contribution < -0.4 is 0 Å². The van der Waals surface area contributed by atoms with E-state index in [-0.39, 0.29) is 18.5 Å². The molecule has 1 rings (SSSR count). The Morgan fingerprint density at radius 2 is 2.24 bits per heavy atom. The molecule has 3 unspecified atom stereocenters. The van der Waals surface area contributed by atoms with Gasteiger partial charge in [0.2, 0.25) is 0 Å². The van der Waals surface area contributed by atoms with E-state index in [1.807, 2.05) is 6.92 Å². The van der Waals surface area contributed by atoms with Gasteiger partial charge in [-0.15, -0.1) is 6.58 Å². The first kappa shape index (κ1) is 14.6. The molecule has 0 aromatic carbocycles. The number of rotatable bonds is 9. The third kappa shape index (κ3) is 6.14. The lowest BCUT2D eigenvalue weighted by molar-refractivity contribution is -0.0725. The zero-order valence-electron chi connectivity index (χ0n) is 10.2. The quantitative estimate of drug-likeness (QED) is 0.447. The molecule has 0 aromatic rings. The van der Waals surface area contributed by atoms with E-state index < -0.39 is 0 Å². The van der Waals surface area contributed by atoms with Gasteiger partial charge in [-0.1, -0.05) is 6.08 Å². The monoisotopic (exact) mass is 244 g/mol. The lowest BCUT2D eigenvalue weighted by Crippen LogP contribution is -2.27. The summed E-state index contributed by atoms with van der Waals surface area (Å²) in [4.78, 5) is 0. The predicted molar refractivity (Wildman–Crippen MR) is 61.3 cm³/mol. The summed E-state index contributed by atoms with van der Waals surface area (Å²) in [6.45, 7) is 7.63. The van der Waals surface area contributed by atoms with Gasteiger partial charge < -0.3 is 23.7 Å². The number of ether oxygens (including phenoxy) is 5. The van der Waals surface area contributed by atoms with Gasteiger partial charge in [-0.25, -0.2) is 0 Å². The molecule has 0 aromatic heterocycles. The molecule has 2 radical (unpaired) electrons. The van der Waals surface area contributed by atoms with E-state index in [1.165, 1.54) is 0 Å². The summed E-state index contributed by atoms with van der Waals surface area (Å²) in [5.41, 5.74) is 0. The van der Waals surface area contributed by atoms with Crippen LogP contribution >= 0.6 is 0 Å². The van der Waals surface area contributed by atoms with Crippen LogP contribution in [-0.4, -0.2) is 51.5 Å². The second-order valence-corrected chi connectivity index (χ2v) is 3.78. The Balaban J connectivity index is 2.04. The molecule has 0 bridgehead atoms. The highest BCUT2D eigenvalue weighted by Gasteiger charge is 2.22. The Bertz CT molecular complexity index is 209. The van der Waals surface area contributed by atoms with Crippen LogP contribution in [0.25, 0.3) is 0 Å². The molecule has 5 nitrogen and oxygen atoms in total. The Morgan fingerprint density at radius 3 is 2.82 bits per heavy atom. The van der Waals surface area contributed by atoms with Crippen molar-refractivity contribution in [3.8, 4) is 0 Å². The molecule has 1 aliphatic heterocycles. The molecular formula is C12H20O5. The molecule has 1 fully saturated rings. The van der Waals surface area contributed by atoms with E-state index in [2.05, 4.69) is 6.58 Å². The van der Waals surface area contributed by atoms with Crippen molar-refractivity contribution < 1.29 is 23.7 Å². The van der Waals surface area contributed by atoms with Crippen molar-refractivity contribution in [3.63, 3.8) is 0 Å². The van der Waals surface area contributed by atoms with Crippen LogP contribution in [0.5, 0.6) is 0 Å². The van der Waals surface area contributed by atoms with E-state index in [9.17, 15) is 0 Å². The van der Waals surface area contributed by atoms with Crippen molar-refractivity contribution in [1.29, 1.82) is 0 Å². The molecule has 98 valence electrons. The van der Waals surface area contributed by atoms with E-state index in [0.29, 0.717) is 33.0 Å². The molecule has 0 spiro atoms. The maximum Gasteiger partial charge on any atom is 0.155 e. The third-order valence-corrected chi connectivity index (χ3v) is 2.24. The van der Waals surface area contributed by atoms with Crippen molar-refractivity contribution in [1.82, 2.24) is 0 Å². The first-order chi connectivity index (χ1) is 8.26. The van der Waals surface area contributed by atoms with Crippen molar-refractivity contribution >= 4 is 0 Å². The predicted octanol–water partition coefficient (Wildman–Crippen LogP) is 1.02. The lowest BCUT2D eigenvalue weighted by Gasteiger charge is -2.16. The number of hydrogen-bond donors (Lipinski definition) is 0. The third-order valence-electron chi connectivity index (χ3n) is 2.24. The molecule has 3 atom stereocenters. The highest BCUT2D eigenvalue weighted by molar-refractivity contribution is 4.66. The standard InChI is InChI=1S/C12H20O5/c1-4-5-14-6-11(13-3)7-15-8-12-9-16-10(2)17-12/h3-4,10-12H,1,5-9H2,2H3. The zero-order chi connectivity index (χ0) is 12.5. The van der Waals surface area contributed by atoms with Gasteiger partial charge >= 0.3 is 0 Å². The molecule has 1 heterocycles. The Kier molecular flexibility index (Phi) is 7.39. The minimum absolute atomic E-state index is 0.0162. The second-order valence-electron chi connectivity index (χ2n) is 3.78. The summed E-state index contributed by atoms with van der Waals surface area (Å²) < 4.78 is 26.0. The average molecular weight is 244 g/mol. The fraction of sp³-hybridized carbons (Fsp3) is 0.750. The van der Waals surface area contributed by atoms with Gasteiger partial charge in [0.1, 0.15) is 19.3 Å².